The summed E-state index contributed by atoms with van der Waals surface area (Å²) in [7, 11) is 0. The van der Waals surface area contributed by atoms with Crippen molar-refractivity contribution in [1.82, 2.24) is 0 Å². The van der Waals surface area contributed by atoms with Gasteiger partial charge in [0.25, 0.3) is 0 Å². The van der Waals surface area contributed by atoms with Crippen molar-refractivity contribution < 1.29 is 4.79 Å². The number of Topliss-reactive ketones (excluding diaryl/α,β-unsaturated/α-hetero) is 1. The van der Waals surface area contributed by atoms with Gasteiger partial charge in [-0.2, -0.15) is 11.8 Å². The van der Waals surface area contributed by atoms with E-state index < -0.39 is 0 Å². The number of rotatable bonds is 3. The zero-order valence-corrected chi connectivity index (χ0v) is 13.4. The number of carbonyl (C=O) groups excluding carboxylic acids is 1. The third-order valence-corrected chi connectivity index (χ3v) is 6.56. The maximum atomic E-state index is 13.1. The number of hydrogen-bond acceptors (Lipinski definition) is 2. The topological polar surface area (TPSA) is 17.1 Å². The molecule has 0 amide bonds. The highest BCUT2D eigenvalue weighted by molar-refractivity contribution is 8.00. The van der Waals surface area contributed by atoms with E-state index in [1.165, 1.54) is 12.8 Å². The third-order valence-electron chi connectivity index (χ3n) is 4.94. The molecule has 2 bridgehead atoms. The van der Waals surface area contributed by atoms with Crippen LogP contribution in [0.3, 0.4) is 0 Å². The lowest BCUT2D eigenvalue weighted by molar-refractivity contribution is 0.0907. The molecule has 0 N–H and O–H groups in total. The van der Waals surface area contributed by atoms with Crippen molar-refractivity contribution in [2.45, 2.75) is 36.2 Å². The van der Waals surface area contributed by atoms with Crippen molar-refractivity contribution >= 4 is 17.5 Å². The lowest BCUT2D eigenvalue weighted by atomic mass is 9.87. The maximum Gasteiger partial charge on any atom is 0.166 e. The van der Waals surface area contributed by atoms with Gasteiger partial charge in [-0.15, -0.1) is 0 Å². The maximum absolute atomic E-state index is 13.1. The largest absolute Gasteiger partial charge is 0.294 e. The summed E-state index contributed by atoms with van der Waals surface area (Å²) in [5.74, 6) is 0.584. The summed E-state index contributed by atoms with van der Waals surface area (Å²) < 4.78 is 0. The molecule has 2 fully saturated rings. The van der Waals surface area contributed by atoms with Crippen LogP contribution in [0.4, 0.5) is 0 Å². The molecule has 2 aromatic carbocycles. The van der Waals surface area contributed by atoms with Gasteiger partial charge in [-0.1, -0.05) is 54.6 Å². The van der Waals surface area contributed by atoms with Gasteiger partial charge in [0, 0.05) is 22.0 Å². The molecule has 0 saturated carbocycles. The summed E-state index contributed by atoms with van der Waals surface area (Å²) >= 11 is 2.12. The minimum atomic E-state index is 0.226. The smallest absolute Gasteiger partial charge is 0.166 e. The van der Waals surface area contributed by atoms with E-state index in [0.29, 0.717) is 5.78 Å². The summed E-state index contributed by atoms with van der Waals surface area (Å²) in [6, 6.07) is 18.4. The van der Waals surface area contributed by atoms with Gasteiger partial charge in [0.1, 0.15) is 0 Å². The Labute approximate surface area is 136 Å². The molecule has 22 heavy (non-hydrogen) atoms. The molecule has 2 heterocycles. The van der Waals surface area contributed by atoms with Gasteiger partial charge in [-0.25, -0.2) is 0 Å². The van der Waals surface area contributed by atoms with Crippen molar-refractivity contribution in [1.29, 1.82) is 0 Å². The van der Waals surface area contributed by atoms with E-state index in [9.17, 15) is 4.79 Å². The number of thioether (sulfide) groups is 1. The molecule has 2 unspecified atom stereocenters. The van der Waals surface area contributed by atoms with Gasteiger partial charge in [-0.05, 0) is 36.8 Å². The Kier molecular flexibility index (Phi) is 3.79. The van der Waals surface area contributed by atoms with E-state index >= 15 is 0 Å². The summed E-state index contributed by atoms with van der Waals surface area (Å²) in [6.07, 6.45) is 4.76. The van der Waals surface area contributed by atoms with Crippen molar-refractivity contribution in [3.05, 3.63) is 60.2 Å². The second-order valence-corrected chi connectivity index (χ2v) is 8.01. The van der Waals surface area contributed by atoms with Crippen molar-refractivity contribution in [3.63, 3.8) is 0 Å². The average Bonchev–Trinajstić information content (AvgIpc) is 2.93. The van der Waals surface area contributed by atoms with E-state index in [1.54, 1.807) is 0 Å². The molecule has 2 atom stereocenters. The molecular formula is C20H20OS. The molecule has 2 saturated heterocycles. The lowest BCUT2D eigenvalue weighted by Crippen LogP contribution is -2.25. The zero-order chi connectivity index (χ0) is 14.9. The fourth-order valence-electron chi connectivity index (χ4n) is 3.86. The average molecular weight is 308 g/mol. The second kappa shape index (κ2) is 5.92. The second-order valence-electron chi connectivity index (χ2n) is 6.40. The Morgan fingerprint density at radius 1 is 0.864 bits per heavy atom. The monoisotopic (exact) mass is 308 g/mol. The molecule has 0 radical (unpaired) electrons. The molecule has 2 aromatic rings. The van der Waals surface area contributed by atoms with Crippen LogP contribution in [0.2, 0.25) is 0 Å². The summed E-state index contributed by atoms with van der Waals surface area (Å²) in [5.41, 5.74) is 3.13. The molecule has 2 aliphatic rings. The summed E-state index contributed by atoms with van der Waals surface area (Å²) in [6.45, 7) is 0. The zero-order valence-electron chi connectivity index (χ0n) is 12.6. The van der Waals surface area contributed by atoms with Crippen LogP contribution in [-0.2, 0) is 0 Å². The van der Waals surface area contributed by atoms with Gasteiger partial charge in [0.2, 0.25) is 0 Å². The van der Waals surface area contributed by atoms with Crippen LogP contribution in [0.15, 0.2) is 54.6 Å². The van der Waals surface area contributed by atoms with E-state index in [2.05, 4.69) is 30.0 Å². The first kappa shape index (κ1) is 14.1. The Morgan fingerprint density at radius 3 is 2.23 bits per heavy atom. The highest BCUT2D eigenvalue weighted by Gasteiger charge is 2.38. The highest BCUT2D eigenvalue weighted by Crippen LogP contribution is 2.47. The minimum absolute atomic E-state index is 0.226. The van der Waals surface area contributed by atoms with E-state index in [4.69, 9.17) is 0 Å². The standard InChI is InChI=1S/C20H20OS/c21-20(15-12-16-10-11-17(13-15)22-16)19-9-5-4-8-18(19)14-6-2-1-3-7-14/h1-9,15-17H,10-13H2. The number of hydrogen-bond donors (Lipinski definition) is 0. The lowest BCUT2D eigenvalue weighted by Gasteiger charge is -2.27. The van der Waals surface area contributed by atoms with Gasteiger partial charge in [-0.3, -0.25) is 4.79 Å². The van der Waals surface area contributed by atoms with Crippen LogP contribution in [0.5, 0.6) is 0 Å². The quantitative estimate of drug-likeness (QED) is 0.724. The van der Waals surface area contributed by atoms with Gasteiger partial charge in [0.05, 0.1) is 0 Å². The van der Waals surface area contributed by atoms with E-state index in [-0.39, 0.29) is 5.92 Å². The number of benzene rings is 2. The van der Waals surface area contributed by atoms with Crippen molar-refractivity contribution in [2.75, 3.05) is 0 Å². The fraction of sp³-hybridized carbons (Fsp3) is 0.350. The predicted octanol–water partition coefficient (Wildman–Crippen LogP) is 5.21. The normalized spacial score (nSPS) is 26.8. The van der Waals surface area contributed by atoms with Crippen molar-refractivity contribution in [2.24, 2.45) is 5.92 Å². The van der Waals surface area contributed by atoms with Gasteiger partial charge in [0.15, 0.2) is 5.78 Å². The first-order valence-corrected chi connectivity index (χ1v) is 9.09. The summed E-state index contributed by atoms with van der Waals surface area (Å²) in [4.78, 5) is 13.1. The first-order chi connectivity index (χ1) is 10.8. The van der Waals surface area contributed by atoms with Crippen LogP contribution in [0.1, 0.15) is 36.0 Å². The third kappa shape index (κ3) is 2.61. The SMILES string of the molecule is O=C(c1ccccc1-c1ccccc1)C1CC2CCC(C1)S2. The Balaban J connectivity index is 1.66. The van der Waals surface area contributed by atoms with Crippen LogP contribution in [-0.4, -0.2) is 16.3 Å². The number of ketones is 1. The van der Waals surface area contributed by atoms with Crippen LogP contribution in [0, 0.1) is 5.92 Å². The molecular weight excluding hydrogens is 288 g/mol. The number of carbonyl (C=O) groups is 1. The molecule has 0 spiro atoms. The van der Waals surface area contributed by atoms with Crippen molar-refractivity contribution in [3.8, 4) is 11.1 Å². The van der Waals surface area contributed by atoms with Crippen LogP contribution < -0.4 is 0 Å². The molecule has 4 rings (SSSR count). The Bertz CT molecular complexity index is 667. The van der Waals surface area contributed by atoms with Crippen LogP contribution >= 0.6 is 11.8 Å². The Hall–Kier alpha value is -1.54. The molecule has 0 aliphatic carbocycles. The molecule has 1 nitrogen and oxygen atoms in total. The fourth-order valence-corrected chi connectivity index (χ4v) is 5.63. The first-order valence-electron chi connectivity index (χ1n) is 8.15. The molecule has 0 aromatic heterocycles. The van der Waals surface area contributed by atoms with E-state index in [1.807, 2.05) is 36.4 Å². The summed E-state index contributed by atoms with van der Waals surface area (Å²) in [5, 5.41) is 1.44. The number of fused-ring (bicyclic) bond motifs is 2. The van der Waals surface area contributed by atoms with Gasteiger partial charge >= 0.3 is 0 Å². The molecule has 2 heteroatoms. The predicted molar refractivity (Wildman–Crippen MR) is 93.3 cm³/mol. The van der Waals surface area contributed by atoms with Gasteiger partial charge < -0.3 is 0 Å². The highest BCUT2D eigenvalue weighted by atomic mass is 32.2. The molecule has 112 valence electrons. The van der Waals surface area contributed by atoms with Crippen LogP contribution in [0.25, 0.3) is 11.1 Å². The van der Waals surface area contributed by atoms with E-state index in [0.717, 1.165) is 40.0 Å². The Morgan fingerprint density at radius 2 is 1.50 bits per heavy atom. The molecule has 2 aliphatic heterocycles. The minimum Gasteiger partial charge on any atom is -0.294 e.